The fraction of sp³-hybridized carbons (Fsp3) is 0.462. The number of nitrogens with one attached hydrogen (secondary N) is 1. The van der Waals surface area contributed by atoms with Crippen LogP contribution in [-0.2, 0) is 0 Å². The van der Waals surface area contributed by atoms with Gasteiger partial charge in [0.2, 0.25) is 0 Å². The second-order valence-electron chi connectivity index (χ2n) is 4.69. The number of rotatable bonds is 6. The predicted molar refractivity (Wildman–Crippen MR) is 82.6 cm³/mol. The number of halogens is 2. The van der Waals surface area contributed by atoms with Crippen molar-refractivity contribution in [1.82, 2.24) is 5.32 Å². The average molecular weight is 364 g/mol. The first-order chi connectivity index (χ1) is 9.38. The summed E-state index contributed by atoms with van der Waals surface area (Å²) in [6.45, 7) is 3.96. The zero-order chi connectivity index (χ0) is 15.3. The van der Waals surface area contributed by atoms with Gasteiger partial charge in [-0.3, -0.25) is 14.9 Å². The minimum Gasteiger partial charge on any atom is -0.349 e. The molecule has 1 unspecified atom stereocenters. The molecule has 0 fully saturated rings. The van der Waals surface area contributed by atoms with Crippen LogP contribution in [0.5, 0.6) is 0 Å². The van der Waals surface area contributed by atoms with E-state index >= 15 is 0 Å². The van der Waals surface area contributed by atoms with Gasteiger partial charge in [-0.25, -0.2) is 0 Å². The fourth-order valence-corrected chi connectivity index (χ4v) is 2.57. The zero-order valence-corrected chi connectivity index (χ0v) is 13.6. The lowest BCUT2D eigenvalue weighted by Crippen LogP contribution is -2.39. The Morgan fingerprint density at radius 3 is 2.65 bits per heavy atom. The molecule has 0 bridgehead atoms. The third-order valence-electron chi connectivity index (χ3n) is 2.96. The van der Waals surface area contributed by atoms with Crippen molar-refractivity contribution in [2.75, 3.05) is 5.33 Å². The molecule has 1 aromatic rings. The molecule has 0 saturated heterocycles. The molecule has 0 spiro atoms. The van der Waals surface area contributed by atoms with E-state index in [2.05, 4.69) is 21.2 Å². The van der Waals surface area contributed by atoms with Gasteiger partial charge in [-0.05, 0) is 18.4 Å². The largest absolute Gasteiger partial charge is 0.349 e. The highest BCUT2D eigenvalue weighted by Crippen LogP contribution is 2.26. The molecule has 110 valence electrons. The molecule has 5 nitrogen and oxygen atoms in total. The van der Waals surface area contributed by atoms with Crippen LogP contribution in [0.15, 0.2) is 18.2 Å². The molecule has 1 atom stereocenters. The number of nitrogens with zero attached hydrogens (tertiary/aromatic N) is 1. The Labute approximate surface area is 131 Å². The molecule has 7 heteroatoms. The molecule has 1 amide bonds. The first-order valence-electron chi connectivity index (χ1n) is 6.18. The number of alkyl halides is 1. The fourth-order valence-electron chi connectivity index (χ4n) is 1.82. The van der Waals surface area contributed by atoms with E-state index in [4.69, 9.17) is 11.6 Å². The van der Waals surface area contributed by atoms with Crippen LogP contribution < -0.4 is 5.32 Å². The quantitative estimate of drug-likeness (QED) is 0.475. The molecular weight excluding hydrogens is 348 g/mol. The maximum atomic E-state index is 12.3. The normalized spacial score (nSPS) is 12.2. The summed E-state index contributed by atoms with van der Waals surface area (Å²) in [5, 5.41) is 14.6. The van der Waals surface area contributed by atoms with Gasteiger partial charge >= 0.3 is 0 Å². The van der Waals surface area contributed by atoms with Crippen LogP contribution in [-0.4, -0.2) is 22.2 Å². The highest BCUT2D eigenvalue weighted by atomic mass is 79.9. The smallest absolute Gasteiger partial charge is 0.283 e. The number of nitro groups is 1. The van der Waals surface area contributed by atoms with Crippen LogP contribution in [0.1, 0.15) is 30.6 Å². The molecule has 0 aliphatic rings. The van der Waals surface area contributed by atoms with Gasteiger partial charge < -0.3 is 5.32 Å². The monoisotopic (exact) mass is 362 g/mol. The summed E-state index contributed by atoms with van der Waals surface area (Å²) in [5.41, 5.74) is -0.365. The van der Waals surface area contributed by atoms with Gasteiger partial charge in [-0.15, -0.1) is 0 Å². The lowest BCUT2D eigenvalue weighted by molar-refractivity contribution is -0.385. The van der Waals surface area contributed by atoms with E-state index in [-0.39, 0.29) is 28.2 Å². The van der Waals surface area contributed by atoms with Crippen LogP contribution >= 0.6 is 27.5 Å². The Hall–Kier alpha value is -1.14. The summed E-state index contributed by atoms with van der Waals surface area (Å²) >= 11 is 9.26. The van der Waals surface area contributed by atoms with Crippen molar-refractivity contribution >= 4 is 39.1 Å². The van der Waals surface area contributed by atoms with Crippen LogP contribution in [0, 0.1) is 16.0 Å². The SMILES string of the molecule is CC(C)C(CCBr)NC(=O)c1c(Cl)cccc1[N+](=O)[O-]. The number of nitro benzene ring substituents is 1. The molecule has 1 N–H and O–H groups in total. The van der Waals surface area contributed by atoms with Gasteiger partial charge in [0, 0.05) is 17.4 Å². The van der Waals surface area contributed by atoms with Gasteiger partial charge in [-0.1, -0.05) is 47.4 Å². The van der Waals surface area contributed by atoms with Gasteiger partial charge in [-0.2, -0.15) is 0 Å². The van der Waals surface area contributed by atoms with Gasteiger partial charge in [0.1, 0.15) is 5.56 Å². The number of hydrogen-bond acceptors (Lipinski definition) is 3. The van der Waals surface area contributed by atoms with Crippen molar-refractivity contribution in [1.29, 1.82) is 0 Å². The zero-order valence-electron chi connectivity index (χ0n) is 11.2. The topological polar surface area (TPSA) is 72.2 Å². The average Bonchev–Trinajstić information content (AvgIpc) is 2.37. The number of amides is 1. The Bertz CT molecular complexity index is 508. The molecule has 0 aromatic heterocycles. The maximum absolute atomic E-state index is 12.3. The van der Waals surface area contributed by atoms with E-state index < -0.39 is 10.8 Å². The summed E-state index contributed by atoms with van der Waals surface area (Å²) in [7, 11) is 0. The van der Waals surface area contributed by atoms with Crippen molar-refractivity contribution in [3.63, 3.8) is 0 Å². The third-order valence-corrected chi connectivity index (χ3v) is 3.73. The highest BCUT2D eigenvalue weighted by Gasteiger charge is 2.25. The predicted octanol–water partition coefficient (Wildman–Crippen LogP) is 3.79. The molecule has 1 rings (SSSR count). The Morgan fingerprint density at radius 2 is 2.15 bits per heavy atom. The van der Waals surface area contributed by atoms with Crippen LogP contribution in [0.25, 0.3) is 0 Å². The van der Waals surface area contributed by atoms with Crippen LogP contribution in [0.2, 0.25) is 5.02 Å². The van der Waals surface area contributed by atoms with Crippen molar-refractivity contribution in [3.05, 3.63) is 38.9 Å². The van der Waals surface area contributed by atoms with Gasteiger partial charge in [0.25, 0.3) is 11.6 Å². The molecule has 0 aliphatic heterocycles. The number of hydrogen-bond donors (Lipinski definition) is 1. The van der Waals surface area contributed by atoms with Crippen molar-refractivity contribution in [2.45, 2.75) is 26.3 Å². The van der Waals surface area contributed by atoms with E-state index in [0.29, 0.717) is 0 Å². The van der Waals surface area contributed by atoms with E-state index in [1.807, 2.05) is 13.8 Å². The molecule has 0 saturated carbocycles. The van der Waals surface area contributed by atoms with E-state index in [1.165, 1.54) is 18.2 Å². The Kier molecular flexibility index (Phi) is 6.42. The summed E-state index contributed by atoms with van der Waals surface area (Å²) in [5.74, 6) is -0.292. The molecule has 0 radical (unpaired) electrons. The first-order valence-corrected chi connectivity index (χ1v) is 7.68. The molecule has 20 heavy (non-hydrogen) atoms. The van der Waals surface area contributed by atoms with Gasteiger partial charge in [0.05, 0.1) is 9.95 Å². The van der Waals surface area contributed by atoms with Crippen LogP contribution in [0.4, 0.5) is 5.69 Å². The number of carbonyl (C=O) groups excluding carboxylic acids is 1. The van der Waals surface area contributed by atoms with E-state index in [1.54, 1.807) is 0 Å². The highest BCUT2D eigenvalue weighted by molar-refractivity contribution is 9.09. The molecule has 1 aromatic carbocycles. The first kappa shape index (κ1) is 16.9. The van der Waals surface area contributed by atoms with Crippen molar-refractivity contribution in [2.24, 2.45) is 5.92 Å². The second kappa shape index (κ2) is 7.59. The Morgan fingerprint density at radius 1 is 1.50 bits per heavy atom. The summed E-state index contributed by atoms with van der Waals surface area (Å²) in [4.78, 5) is 22.6. The van der Waals surface area contributed by atoms with Crippen molar-refractivity contribution < 1.29 is 9.72 Å². The second-order valence-corrected chi connectivity index (χ2v) is 5.89. The maximum Gasteiger partial charge on any atom is 0.283 e. The molecular formula is C13H16BrClN2O3. The molecule has 0 aliphatic carbocycles. The lowest BCUT2D eigenvalue weighted by Gasteiger charge is -2.21. The summed E-state index contributed by atoms with van der Waals surface area (Å²) in [6, 6.07) is 4.13. The minimum absolute atomic E-state index is 0.0715. The lowest BCUT2D eigenvalue weighted by atomic mass is 10.0. The van der Waals surface area contributed by atoms with E-state index in [0.717, 1.165) is 11.8 Å². The summed E-state index contributed by atoms with van der Waals surface area (Å²) < 4.78 is 0. The number of carbonyl (C=O) groups is 1. The molecule has 0 heterocycles. The van der Waals surface area contributed by atoms with Crippen molar-refractivity contribution in [3.8, 4) is 0 Å². The minimum atomic E-state index is -0.602. The van der Waals surface area contributed by atoms with E-state index in [9.17, 15) is 14.9 Å². The Balaban J connectivity index is 3.05. The van der Waals surface area contributed by atoms with Gasteiger partial charge in [0.15, 0.2) is 0 Å². The van der Waals surface area contributed by atoms with Crippen LogP contribution in [0.3, 0.4) is 0 Å². The standard InChI is InChI=1S/C13H16BrClN2O3/c1-8(2)10(6-7-14)16-13(18)12-9(15)4-3-5-11(12)17(19)20/h3-5,8,10H,6-7H2,1-2H3,(H,16,18). The summed E-state index contributed by atoms with van der Waals surface area (Å²) in [6.07, 6.45) is 0.738. The third kappa shape index (κ3) is 4.18. The number of benzene rings is 1.